The molecule has 0 radical (unpaired) electrons. The summed E-state index contributed by atoms with van der Waals surface area (Å²) in [5, 5.41) is 10.5. The number of thiophene rings is 1. The number of ether oxygens (including phenoxy) is 2. The molecule has 4 rings (SSSR count). The molecule has 3 heterocycles. The third-order valence-corrected chi connectivity index (χ3v) is 5.78. The van der Waals surface area contributed by atoms with Crippen molar-refractivity contribution in [2.75, 3.05) is 24.9 Å². The molecule has 0 bridgehead atoms. The van der Waals surface area contributed by atoms with Crippen LogP contribution in [0.5, 0.6) is 11.5 Å². The van der Waals surface area contributed by atoms with Gasteiger partial charge < -0.3 is 20.1 Å². The summed E-state index contributed by atoms with van der Waals surface area (Å²) in [5.74, 6) is 1.52. The second-order valence-electron chi connectivity index (χ2n) is 6.56. The van der Waals surface area contributed by atoms with Crippen molar-refractivity contribution in [1.82, 2.24) is 14.8 Å². The van der Waals surface area contributed by atoms with Crippen LogP contribution in [-0.4, -0.2) is 34.9 Å². The van der Waals surface area contributed by atoms with Crippen molar-refractivity contribution in [3.63, 3.8) is 0 Å². The fourth-order valence-corrected chi connectivity index (χ4v) is 4.32. The maximum Gasteiger partial charge on any atom is 0.256 e. The van der Waals surface area contributed by atoms with E-state index >= 15 is 0 Å². The van der Waals surface area contributed by atoms with Gasteiger partial charge in [0.15, 0.2) is 0 Å². The molecule has 0 aliphatic carbocycles. The van der Waals surface area contributed by atoms with E-state index in [-0.39, 0.29) is 11.9 Å². The molecule has 0 fully saturated rings. The molecule has 29 heavy (non-hydrogen) atoms. The van der Waals surface area contributed by atoms with Gasteiger partial charge >= 0.3 is 0 Å². The SMILES string of the molecule is COc1ccc(OC)c(NC(=O)C2=C(C)Nc3ncnn3C2c2ccc(C)s2)c1. The third-order valence-electron chi connectivity index (χ3n) is 4.72. The Balaban J connectivity index is 1.75. The standard InChI is InChI=1S/C20H21N5O3S/c1-11-5-8-16(29-11)18-17(12(2)23-20-21-10-22-25(18)20)19(26)24-14-9-13(27-3)6-7-15(14)28-4/h5-10,18H,1-4H3,(H,24,26)(H,21,22,23). The lowest BCUT2D eigenvalue weighted by atomic mass is 10.0. The lowest BCUT2D eigenvalue weighted by Crippen LogP contribution is -2.31. The number of benzene rings is 1. The second kappa shape index (κ2) is 7.59. The molecule has 0 saturated heterocycles. The number of nitrogens with zero attached hydrogens (tertiary/aromatic N) is 3. The molecule has 1 amide bonds. The van der Waals surface area contributed by atoms with Gasteiger partial charge in [0.05, 0.1) is 25.5 Å². The molecule has 0 saturated carbocycles. The zero-order chi connectivity index (χ0) is 20.5. The molecule has 8 nitrogen and oxygen atoms in total. The minimum absolute atomic E-state index is 0.251. The highest BCUT2D eigenvalue weighted by Gasteiger charge is 2.34. The largest absolute Gasteiger partial charge is 0.497 e. The van der Waals surface area contributed by atoms with Crippen LogP contribution in [0.15, 0.2) is 47.9 Å². The average molecular weight is 411 g/mol. The summed E-state index contributed by atoms with van der Waals surface area (Å²) >= 11 is 1.63. The van der Waals surface area contributed by atoms with Gasteiger partial charge in [-0.15, -0.1) is 11.3 Å². The molecule has 1 unspecified atom stereocenters. The number of fused-ring (bicyclic) bond motifs is 1. The summed E-state index contributed by atoms with van der Waals surface area (Å²) in [4.78, 5) is 19.8. The van der Waals surface area contributed by atoms with Gasteiger partial charge in [0, 0.05) is 21.5 Å². The van der Waals surface area contributed by atoms with E-state index in [1.165, 1.54) is 6.33 Å². The van der Waals surface area contributed by atoms with Gasteiger partial charge in [-0.25, -0.2) is 4.68 Å². The van der Waals surface area contributed by atoms with Crippen LogP contribution in [0.3, 0.4) is 0 Å². The van der Waals surface area contributed by atoms with E-state index in [0.29, 0.717) is 28.7 Å². The van der Waals surface area contributed by atoms with E-state index in [1.807, 2.05) is 26.0 Å². The number of aryl methyl sites for hydroxylation is 1. The van der Waals surface area contributed by atoms with E-state index in [2.05, 4.69) is 20.7 Å². The molecule has 1 aliphatic heterocycles. The first-order valence-electron chi connectivity index (χ1n) is 8.98. The van der Waals surface area contributed by atoms with Gasteiger partial charge in [-0.3, -0.25) is 4.79 Å². The first-order valence-corrected chi connectivity index (χ1v) is 9.80. The smallest absolute Gasteiger partial charge is 0.256 e. The number of anilines is 2. The van der Waals surface area contributed by atoms with E-state index in [0.717, 1.165) is 15.5 Å². The fourth-order valence-electron chi connectivity index (χ4n) is 3.35. The number of hydrogen-bond donors (Lipinski definition) is 2. The molecule has 2 aromatic heterocycles. The monoisotopic (exact) mass is 411 g/mol. The number of carbonyl (C=O) groups is 1. The lowest BCUT2D eigenvalue weighted by molar-refractivity contribution is -0.113. The Morgan fingerprint density at radius 2 is 2.03 bits per heavy atom. The second-order valence-corrected chi connectivity index (χ2v) is 7.88. The summed E-state index contributed by atoms with van der Waals surface area (Å²) in [6, 6.07) is 8.95. The molecular weight excluding hydrogens is 390 g/mol. The van der Waals surface area contributed by atoms with Gasteiger partial charge in [0.2, 0.25) is 5.95 Å². The summed E-state index contributed by atoms with van der Waals surface area (Å²) < 4.78 is 12.4. The predicted octanol–water partition coefficient (Wildman–Crippen LogP) is 3.59. The Morgan fingerprint density at radius 3 is 2.72 bits per heavy atom. The summed E-state index contributed by atoms with van der Waals surface area (Å²) in [6.07, 6.45) is 1.48. The van der Waals surface area contributed by atoms with E-state index < -0.39 is 0 Å². The quantitative estimate of drug-likeness (QED) is 0.667. The van der Waals surface area contributed by atoms with Crippen molar-refractivity contribution in [2.24, 2.45) is 0 Å². The van der Waals surface area contributed by atoms with Crippen LogP contribution < -0.4 is 20.1 Å². The van der Waals surface area contributed by atoms with Crippen molar-refractivity contribution in [2.45, 2.75) is 19.9 Å². The van der Waals surface area contributed by atoms with Crippen LogP contribution in [0.2, 0.25) is 0 Å². The van der Waals surface area contributed by atoms with E-state index in [1.54, 1.807) is 48.4 Å². The average Bonchev–Trinajstić information content (AvgIpc) is 3.35. The minimum Gasteiger partial charge on any atom is -0.497 e. The van der Waals surface area contributed by atoms with Crippen molar-refractivity contribution in [3.05, 3.63) is 57.7 Å². The maximum absolute atomic E-state index is 13.4. The van der Waals surface area contributed by atoms with Crippen molar-refractivity contribution in [3.8, 4) is 11.5 Å². The van der Waals surface area contributed by atoms with Crippen molar-refractivity contribution < 1.29 is 14.3 Å². The Labute approximate surface area is 172 Å². The highest BCUT2D eigenvalue weighted by atomic mass is 32.1. The molecule has 1 atom stereocenters. The van der Waals surface area contributed by atoms with Gasteiger partial charge in [0.25, 0.3) is 5.91 Å². The number of aromatic nitrogens is 3. The van der Waals surface area contributed by atoms with Crippen LogP contribution >= 0.6 is 11.3 Å². The zero-order valence-corrected chi connectivity index (χ0v) is 17.3. The topological polar surface area (TPSA) is 90.3 Å². The van der Waals surface area contributed by atoms with Gasteiger partial charge in [0.1, 0.15) is 23.9 Å². The maximum atomic E-state index is 13.4. The number of methoxy groups -OCH3 is 2. The Morgan fingerprint density at radius 1 is 1.21 bits per heavy atom. The van der Waals surface area contributed by atoms with Crippen LogP contribution in [0.25, 0.3) is 0 Å². The molecule has 0 spiro atoms. The number of amides is 1. The molecular formula is C20H21N5O3S. The fraction of sp³-hybridized carbons (Fsp3) is 0.250. The van der Waals surface area contributed by atoms with Crippen LogP contribution in [-0.2, 0) is 4.79 Å². The van der Waals surface area contributed by atoms with Gasteiger partial charge in [-0.05, 0) is 38.1 Å². The molecule has 1 aromatic carbocycles. The summed E-state index contributed by atoms with van der Waals surface area (Å²) in [7, 11) is 3.13. The highest BCUT2D eigenvalue weighted by Crippen LogP contribution is 2.39. The van der Waals surface area contributed by atoms with Gasteiger partial charge in [-0.2, -0.15) is 10.1 Å². The predicted molar refractivity (Wildman–Crippen MR) is 112 cm³/mol. The number of allylic oxidation sites excluding steroid dienone is 1. The van der Waals surface area contributed by atoms with E-state index in [4.69, 9.17) is 9.47 Å². The Hall–Kier alpha value is -3.33. The van der Waals surface area contributed by atoms with Crippen LogP contribution in [0.4, 0.5) is 11.6 Å². The summed E-state index contributed by atoms with van der Waals surface area (Å²) in [6.45, 7) is 3.90. The molecule has 150 valence electrons. The van der Waals surface area contributed by atoms with Crippen molar-refractivity contribution >= 4 is 28.9 Å². The number of hydrogen-bond acceptors (Lipinski definition) is 7. The van der Waals surface area contributed by atoms with E-state index in [9.17, 15) is 4.79 Å². The van der Waals surface area contributed by atoms with Crippen LogP contribution in [0.1, 0.15) is 22.7 Å². The first-order chi connectivity index (χ1) is 14.0. The normalized spacial score (nSPS) is 15.5. The third kappa shape index (κ3) is 3.44. The van der Waals surface area contributed by atoms with Crippen molar-refractivity contribution in [1.29, 1.82) is 0 Å². The zero-order valence-electron chi connectivity index (χ0n) is 16.5. The summed E-state index contributed by atoms with van der Waals surface area (Å²) in [5.41, 5.74) is 1.82. The minimum atomic E-state index is -0.371. The molecule has 9 heteroatoms. The van der Waals surface area contributed by atoms with Gasteiger partial charge in [-0.1, -0.05) is 0 Å². The Bertz CT molecular complexity index is 1100. The number of nitrogens with one attached hydrogen (secondary N) is 2. The lowest BCUT2D eigenvalue weighted by Gasteiger charge is -2.28. The highest BCUT2D eigenvalue weighted by molar-refractivity contribution is 7.12. The number of rotatable bonds is 5. The molecule has 2 N–H and O–H groups in total. The first kappa shape index (κ1) is 19.0. The molecule has 3 aromatic rings. The Kier molecular flexibility index (Phi) is 4.98. The molecule has 1 aliphatic rings. The number of carbonyl (C=O) groups excluding carboxylic acids is 1. The van der Waals surface area contributed by atoms with Crippen LogP contribution in [0, 0.1) is 6.92 Å².